The molecule has 0 aliphatic heterocycles. The van der Waals surface area contributed by atoms with Crippen LogP contribution in [-0.4, -0.2) is 10.5 Å². The molecule has 0 aliphatic carbocycles. The second-order valence-electron chi connectivity index (χ2n) is 4.27. The smallest absolute Gasteiger partial charge is 0.250 e. The summed E-state index contributed by atoms with van der Waals surface area (Å²) in [6, 6.07) is 9.30. The zero-order chi connectivity index (χ0) is 14.0. The first-order valence-corrected chi connectivity index (χ1v) is 6.29. The lowest BCUT2D eigenvalue weighted by atomic mass is 10.1. The highest BCUT2D eigenvalue weighted by Crippen LogP contribution is 2.31. The number of benzene rings is 1. The highest BCUT2D eigenvalue weighted by Gasteiger charge is 2.17. The molecule has 1 heterocycles. The summed E-state index contributed by atoms with van der Waals surface area (Å²) in [7, 11) is 0. The van der Waals surface area contributed by atoms with E-state index in [0.29, 0.717) is 17.1 Å². The number of nitrogens with two attached hydrogens (primary N) is 1. The first kappa shape index (κ1) is 13.4. The summed E-state index contributed by atoms with van der Waals surface area (Å²) in [5.74, 6) is -0.436. The van der Waals surface area contributed by atoms with Gasteiger partial charge in [-0.25, -0.2) is 0 Å². The zero-order valence-electron chi connectivity index (χ0n) is 10.7. The van der Waals surface area contributed by atoms with Gasteiger partial charge in [0, 0.05) is 22.8 Å². The van der Waals surface area contributed by atoms with Gasteiger partial charge < -0.3 is 10.3 Å². The van der Waals surface area contributed by atoms with Crippen LogP contribution in [0.15, 0.2) is 43.0 Å². The Morgan fingerprint density at radius 1 is 1.47 bits per heavy atom. The van der Waals surface area contributed by atoms with E-state index in [1.54, 1.807) is 12.1 Å². The van der Waals surface area contributed by atoms with Gasteiger partial charge >= 0.3 is 0 Å². The van der Waals surface area contributed by atoms with Gasteiger partial charge in [0.1, 0.15) is 0 Å². The van der Waals surface area contributed by atoms with Crippen molar-refractivity contribution in [2.45, 2.75) is 13.5 Å². The van der Waals surface area contributed by atoms with Crippen LogP contribution in [0.2, 0.25) is 5.02 Å². The van der Waals surface area contributed by atoms with Crippen molar-refractivity contribution in [2.75, 3.05) is 0 Å². The fourth-order valence-electron chi connectivity index (χ4n) is 2.15. The lowest BCUT2D eigenvalue weighted by molar-refractivity contribution is 0.0999. The Morgan fingerprint density at radius 2 is 2.16 bits per heavy atom. The number of carbonyl (C=O) groups excluding carboxylic acids is 1. The van der Waals surface area contributed by atoms with Crippen LogP contribution in [0.3, 0.4) is 0 Å². The molecule has 1 aromatic carbocycles. The number of nitrogens with zero attached hydrogens (tertiary/aromatic N) is 1. The predicted molar refractivity (Wildman–Crippen MR) is 78.3 cm³/mol. The molecule has 0 bridgehead atoms. The Morgan fingerprint density at radius 3 is 2.74 bits per heavy atom. The predicted octanol–water partition coefficient (Wildman–Crippen LogP) is 3.40. The fourth-order valence-corrected chi connectivity index (χ4v) is 2.38. The molecular formula is C15H15ClN2O. The lowest BCUT2D eigenvalue weighted by Gasteiger charge is -2.10. The summed E-state index contributed by atoms with van der Waals surface area (Å²) in [6.07, 6.45) is 1.78. The van der Waals surface area contributed by atoms with Crippen molar-refractivity contribution in [1.29, 1.82) is 0 Å². The molecule has 98 valence electrons. The van der Waals surface area contributed by atoms with Gasteiger partial charge in [-0.1, -0.05) is 35.9 Å². The second kappa shape index (κ2) is 5.33. The Hall–Kier alpha value is -2.00. The highest BCUT2D eigenvalue weighted by atomic mass is 35.5. The van der Waals surface area contributed by atoms with Crippen molar-refractivity contribution in [3.05, 3.63) is 59.3 Å². The number of aromatic nitrogens is 1. The SMILES string of the molecule is C=CCn1c(-c2ccccc2Cl)cc(C(N)=O)c1C. The zero-order valence-corrected chi connectivity index (χ0v) is 11.4. The molecule has 1 amide bonds. The van der Waals surface area contributed by atoms with Crippen molar-refractivity contribution in [3.8, 4) is 11.3 Å². The Kier molecular flexibility index (Phi) is 3.76. The molecule has 4 heteroatoms. The van der Waals surface area contributed by atoms with Crippen molar-refractivity contribution < 1.29 is 4.79 Å². The standard InChI is InChI=1S/C15H15ClN2O/c1-3-8-18-10(2)12(15(17)19)9-14(18)11-6-4-5-7-13(11)16/h3-7,9H,1,8H2,2H3,(H2,17,19). The Bertz CT molecular complexity index is 644. The minimum absolute atomic E-state index is 0.436. The van der Waals surface area contributed by atoms with Gasteiger partial charge in [-0.2, -0.15) is 0 Å². The van der Waals surface area contributed by atoms with Crippen molar-refractivity contribution >= 4 is 17.5 Å². The lowest BCUT2D eigenvalue weighted by Crippen LogP contribution is -2.12. The highest BCUT2D eigenvalue weighted by molar-refractivity contribution is 6.33. The third-order valence-corrected chi connectivity index (χ3v) is 3.42. The topological polar surface area (TPSA) is 48.0 Å². The number of hydrogen-bond acceptors (Lipinski definition) is 1. The van der Waals surface area contributed by atoms with Gasteiger partial charge in [0.2, 0.25) is 0 Å². The van der Waals surface area contributed by atoms with Gasteiger partial charge in [-0.05, 0) is 19.1 Å². The average molecular weight is 275 g/mol. The van der Waals surface area contributed by atoms with Crippen LogP contribution in [0.5, 0.6) is 0 Å². The summed E-state index contributed by atoms with van der Waals surface area (Å²) in [4.78, 5) is 11.5. The molecule has 0 radical (unpaired) electrons. The first-order chi connectivity index (χ1) is 9.06. The maximum absolute atomic E-state index is 11.5. The normalized spacial score (nSPS) is 10.4. The maximum atomic E-state index is 11.5. The van der Waals surface area contributed by atoms with Crippen LogP contribution in [0.4, 0.5) is 0 Å². The maximum Gasteiger partial charge on any atom is 0.250 e. The van der Waals surface area contributed by atoms with Crippen LogP contribution in [0, 0.1) is 6.92 Å². The van der Waals surface area contributed by atoms with Gasteiger partial charge in [0.05, 0.1) is 11.3 Å². The third-order valence-electron chi connectivity index (χ3n) is 3.09. The molecule has 3 nitrogen and oxygen atoms in total. The number of amides is 1. The number of rotatable bonds is 4. The van der Waals surface area contributed by atoms with E-state index >= 15 is 0 Å². The molecule has 2 N–H and O–H groups in total. The second-order valence-corrected chi connectivity index (χ2v) is 4.68. The van der Waals surface area contributed by atoms with Gasteiger partial charge in [0.25, 0.3) is 5.91 Å². The minimum atomic E-state index is -0.436. The van der Waals surface area contributed by atoms with Crippen LogP contribution < -0.4 is 5.73 Å². The molecule has 2 rings (SSSR count). The first-order valence-electron chi connectivity index (χ1n) is 5.92. The summed E-state index contributed by atoms with van der Waals surface area (Å²) < 4.78 is 1.98. The summed E-state index contributed by atoms with van der Waals surface area (Å²) in [5.41, 5.74) is 8.48. The van der Waals surface area contributed by atoms with Crippen LogP contribution >= 0.6 is 11.6 Å². The summed E-state index contributed by atoms with van der Waals surface area (Å²) >= 11 is 6.22. The Labute approximate surface area is 117 Å². The van der Waals surface area contributed by atoms with E-state index in [1.807, 2.05) is 35.8 Å². The molecule has 0 saturated heterocycles. The molecule has 0 unspecified atom stereocenters. The van der Waals surface area contributed by atoms with Gasteiger partial charge in [-0.3, -0.25) is 4.79 Å². The molecule has 19 heavy (non-hydrogen) atoms. The largest absolute Gasteiger partial charge is 0.366 e. The van der Waals surface area contributed by atoms with E-state index < -0.39 is 5.91 Å². The van der Waals surface area contributed by atoms with Crippen LogP contribution in [-0.2, 0) is 6.54 Å². The molecule has 1 aromatic heterocycles. The number of primary amides is 1. The van der Waals surface area contributed by atoms with E-state index in [1.165, 1.54) is 0 Å². The summed E-state index contributed by atoms with van der Waals surface area (Å²) in [5, 5.41) is 0.640. The van der Waals surface area contributed by atoms with Gasteiger partial charge in [-0.15, -0.1) is 6.58 Å². The van der Waals surface area contributed by atoms with Crippen molar-refractivity contribution in [3.63, 3.8) is 0 Å². The van der Waals surface area contributed by atoms with E-state index in [0.717, 1.165) is 17.0 Å². The molecule has 0 saturated carbocycles. The quantitative estimate of drug-likeness (QED) is 0.854. The van der Waals surface area contributed by atoms with E-state index in [-0.39, 0.29) is 0 Å². The number of halogens is 1. The molecule has 0 aliphatic rings. The number of carbonyl (C=O) groups is 1. The fraction of sp³-hybridized carbons (Fsp3) is 0.133. The van der Waals surface area contributed by atoms with Crippen molar-refractivity contribution in [2.24, 2.45) is 5.73 Å². The molecule has 0 atom stereocenters. The number of allylic oxidation sites excluding steroid dienone is 1. The third kappa shape index (κ3) is 2.42. The minimum Gasteiger partial charge on any atom is -0.366 e. The van der Waals surface area contributed by atoms with Crippen molar-refractivity contribution in [1.82, 2.24) is 4.57 Å². The Balaban J connectivity index is 2.69. The van der Waals surface area contributed by atoms with E-state index in [4.69, 9.17) is 17.3 Å². The van der Waals surface area contributed by atoms with E-state index in [2.05, 4.69) is 6.58 Å². The van der Waals surface area contributed by atoms with Crippen LogP contribution in [0.25, 0.3) is 11.3 Å². The van der Waals surface area contributed by atoms with Gasteiger partial charge in [0.15, 0.2) is 0 Å². The monoisotopic (exact) mass is 274 g/mol. The molecule has 0 fully saturated rings. The number of hydrogen-bond donors (Lipinski definition) is 1. The molecular weight excluding hydrogens is 260 g/mol. The molecule has 2 aromatic rings. The van der Waals surface area contributed by atoms with Crippen LogP contribution in [0.1, 0.15) is 16.1 Å². The summed E-state index contributed by atoms with van der Waals surface area (Å²) in [6.45, 7) is 6.20. The molecule has 0 spiro atoms. The average Bonchev–Trinajstić information content (AvgIpc) is 2.69. The van der Waals surface area contributed by atoms with E-state index in [9.17, 15) is 4.79 Å².